The van der Waals surface area contributed by atoms with E-state index in [-0.39, 0.29) is 0 Å². The Hall–Kier alpha value is -1.65. The topological polar surface area (TPSA) is 72.2 Å². The molecule has 0 spiro atoms. The summed E-state index contributed by atoms with van der Waals surface area (Å²) in [7, 11) is 0. The lowest BCUT2D eigenvalue weighted by Crippen LogP contribution is -2.28. The molecule has 1 rings (SSSR count). The highest BCUT2D eigenvalue weighted by atomic mass is 16.4. The van der Waals surface area contributed by atoms with E-state index in [1.54, 1.807) is 0 Å². The van der Waals surface area contributed by atoms with Crippen LogP contribution in [0.25, 0.3) is 0 Å². The zero-order valence-corrected chi connectivity index (χ0v) is 6.47. The van der Waals surface area contributed by atoms with Crippen LogP contribution in [0.15, 0.2) is 23.3 Å². The Morgan fingerprint density at radius 3 is 2.92 bits per heavy atom. The third-order valence-corrected chi connectivity index (χ3v) is 1.51. The first kappa shape index (κ1) is 8.45. The van der Waals surface area contributed by atoms with Gasteiger partial charge in [-0.3, -0.25) is 4.57 Å². The Morgan fingerprint density at radius 1 is 1.75 bits per heavy atom. The minimum absolute atomic E-state index is 0.549. The Bertz CT molecular complexity index is 345. The second-order valence-electron chi connectivity index (χ2n) is 2.32. The van der Waals surface area contributed by atoms with E-state index < -0.39 is 17.7 Å². The molecule has 0 saturated carbocycles. The fourth-order valence-electron chi connectivity index (χ4n) is 0.782. The van der Waals surface area contributed by atoms with Crippen molar-refractivity contribution in [3.8, 4) is 0 Å². The van der Waals surface area contributed by atoms with Crippen molar-refractivity contribution in [1.29, 1.82) is 0 Å². The lowest BCUT2D eigenvalue weighted by molar-refractivity contribution is -0.140. The number of nitrogens with zero attached hydrogens (tertiary/aromatic N) is 2. The molecule has 0 aromatic carbocycles. The number of rotatable bonds is 2. The van der Waals surface area contributed by atoms with Gasteiger partial charge in [-0.2, -0.15) is 0 Å². The van der Waals surface area contributed by atoms with Gasteiger partial charge in [-0.1, -0.05) is 0 Å². The molecule has 0 radical (unpaired) electrons. The van der Waals surface area contributed by atoms with Gasteiger partial charge in [0.05, 0.1) is 0 Å². The highest BCUT2D eigenvalue weighted by molar-refractivity contribution is 5.71. The first-order chi connectivity index (χ1) is 5.63. The molecule has 1 aromatic heterocycles. The molecular formula is C7H8N2O3. The Balaban J connectivity index is 3.11. The summed E-state index contributed by atoms with van der Waals surface area (Å²) in [4.78, 5) is 24.8. The molecule has 1 atom stereocenters. The molecule has 0 aliphatic rings. The Labute approximate surface area is 68.3 Å². The van der Waals surface area contributed by atoms with Gasteiger partial charge in [-0.25, -0.2) is 14.6 Å². The van der Waals surface area contributed by atoms with Crippen molar-refractivity contribution in [2.45, 2.75) is 13.0 Å². The van der Waals surface area contributed by atoms with Crippen LogP contribution in [-0.4, -0.2) is 20.6 Å². The number of aliphatic carboxylic acids is 1. The summed E-state index contributed by atoms with van der Waals surface area (Å²) < 4.78 is 1.06. The summed E-state index contributed by atoms with van der Waals surface area (Å²) in [5.74, 6) is -1.05. The van der Waals surface area contributed by atoms with E-state index in [1.165, 1.54) is 25.4 Å². The third-order valence-electron chi connectivity index (χ3n) is 1.51. The molecular weight excluding hydrogens is 160 g/mol. The van der Waals surface area contributed by atoms with E-state index in [9.17, 15) is 9.59 Å². The van der Waals surface area contributed by atoms with Crippen LogP contribution < -0.4 is 5.69 Å². The van der Waals surface area contributed by atoms with Crippen LogP contribution in [0, 0.1) is 0 Å². The van der Waals surface area contributed by atoms with Crippen LogP contribution in [0.2, 0.25) is 0 Å². The number of aromatic nitrogens is 2. The van der Waals surface area contributed by atoms with Crippen LogP contribution in [0.5, 0.6) is 0 Å². The highest BCUT2D eigenvalue weighted by Crippen LogP contribution is 1.99. The first-order valence-corrected chi connectivity index (χ1v) is 3.39. The first-order valence-electron chi connectivity index (χ1n) is 3.39. The summed E-state index contributed by atoms with van der Waals surface area (Å²) in [5, 5.41) is 8.57. The van der Waals surface area contributed by atoms with Crippen LogP contribution in [0.4, 0.5) is 0 Å². The maximum atomic E-state index is 11.0. The molecule has 1 N–H and O–H groups in total. The molecule has 0 bridgehead atoms. The zero-order chi connectivity index (χ0) is 9.14. The van der Waals surface area contributed by atoms with Gasteiger partial charge < -0.3 is 5.11 Å². The molecule has 5 nitrogen and oxygen atoms in total. The summed E-state index contributed by atoms with van der Waals surface area (Å²) in [5.41, 5.74) is -0.549. The molecule has 0 saturated heterocycles. The smallest absolute Gasteiger partial charge is 0.348 e. The summed E-state index contributed by atoms with van der Waals surface area (Å²) in [6.07, 6.45) is 2.72. The summed E-state index contributed by atoms with van der Waals surface area (Å²) >= 11 is 0. The minimum Gasteiger partial charge on any atom is -0.480 e. The molecule has 0 amide bonds. The molecule has 12 heavy (non-hydrogen) atoms. The normalized spacial score (nSPS) is 12.4. The number of carboxylic acids is 1. The van der Waals surface area contributed by atoms with Crippen LogP contribution in [0.3, 0.4) is 0 Å². The van der Waals surface area contributed by atoms with Gasteiger partial charge in [0.25, 0.3) is 0 Å². The predicted octanol–water partition coefficient (Wildman–Crippen LogP) is -0.111. The Kier molecular flexibility index (Phi) is 2.23. The molecule has 1 aromatic rings. The third kappa shape index (κ3) is 1.50. The van der Waals surface area contributed by atoms with Gasteiger partial charge in [0, 0.05) is 12.4 Å². The predicted molar refractivity (Wildman–Crippen MR) is 40.8 cm³/mol. The molecule has 0 fully saturated rings. The van der Waals surface area contributed by atoms with Crippen molar-refractivity contribution in [3.05, 3.63) is 28.9 Å². The lowest BCUT2D eigenvalue weighted by atomic mass is 10.3. The van der Waals surface area contributed by atoms with Crippen molar-refractivity contribution < 1.29 is 9.90 Å². The number of hydrogen-bond acceptors (Lipinski definition) is 3. The maximum Gasteiger partial charge on any atom is 0.348 e. The van der Waals surface area contributed by atoms with E-state index >= 15 is 0 Å². The minimum atomic E-state index is -1.05. The van der Waals surface area contributed by atoms with Crippen LogP contribution >= 0.6 is 0 Å². The number of hydrogen-bond donors (Lipinski definition) is 1. The quantitative estimate of drug-likeness (QED) is 0.668. The Morgan fingerprint density at radius 2 is 2.42 bits per heavy atom. The number of carboxylic acid groups (broad SMARTS) is 1. The van der Waals surface area contributed by atoms with Gasteiger partial charge >= 0.3 is 11.7 Å². The van der Waals surface area contributed by atoms with E-state index in [0.717, 1.165) is 4.57 Å². The molecule has 0 aliphatic heterocycles. The van der Waals surface area contributed by atoms with Crippen molar-refractivity contribution in [1.82, 2.24) is 9.55 Å². The van der Waals surface area contributed by atoms with Crippen molar-refractivity contribution in [3.63, 3.8) is 0 Å². The van der Waals surface area contributed by atoms with Crippen LogP contribution in [-0.2, 0) is 4.79 Å². The second-order valence-corrected chi connectivity index (χ2v) is 2.32. The van der Waals surface area contributed by atoms with Gasteiger partial charge in [-0.05, 0) is 13.0 Å². The van der Waals surface area contributed by atoms with E-state index in [2.05, 4.69) is 4.98 Å². The van der Waals surface area contributed by atoms with E-state index in [0.29, 0.717) is 0 Å². The molecule has 64 valence electrons. The van der Waals surface area contributed by atoms with E-state index in [1.807, 2.05) is 0 Å². The van der Waals surface area contributed by atoms with Gasteiger partial charge in [0.15, 0.2) is 0 Å². The maximum absolute atomic E-state index is 11.0. The van der Waals surface area contributed by atoms with Crippen molar-refractivity contribution >= 4 is 5.97 Å². The average Bonchev–Trinajstić information content (AvgIpc) is 2.04. The van der Waals surface area contributed by atoms with Crippen LogP contribution in [0.1, 0.15) is 13.0 Å². The molecule has 1 unspecified atom stereocenters. The molecule has 1 heterocycles. The van der Waals surface area contributed by atoms with Gasteiger partial charge in [0.1, 0.15) is 6.04 Å². The SMILES string of the molecule is CC(C(=O)O)n1cccnc1=O. The lowest BCUT2D eigenvalue weighted by Gasteiger charge is -2.07. The summed E-state index contributed by atoms with van der Waals surface area (Å²) in [6.45, 7) is 1.42. The largest absolute Gasteiger partial charge is 0.480 e. The average molecular weight is 168 g/mol. The fourth-order valence-corrected chi connectivity index (χ4v) is 0.782. The molecule has 0 aliphatic carbocycles. The zero-order valence-electron chi connectivity index (χ0n) is 6.47. The highest BCUT2D eigenvalue weighted by Gasteiger charge is 2.13. The molecule has 5 heteroatoms. The van der Waals surface area contributed by atoms with Gasteiger partial charge in [-0.15, -0.1) is 0 Å². The van der Waals surface area contributed by atoms with Crippen molar-refractivity contribution in [2.24, 2.45) is 0 Å². The second kappa shape index (κ2) is 3.17. The van der Waals surface area contributed by atoms with Crippen molar-refractivity contribution in [2.75, 3.05) is 0 Å². The standard InChI is InChI=1S/C7H8N2O3/c1-5(6(10)11)9-4-2-3-8-7(9)12/h2-5H,1H3,(H,10,11). The van der Waals surface area contributed by atoms with Gasteiger partial charge in [0.2, 0.25) is 0 Å². The van der Waals surface area contributed by atoms with E-state index in [4.69, 9.17) is 5.11 Å². The fraction of sp³-hybridized carbons (Fsp3) is 0.286. The monoisotopic (exact) mass is 168 g/mol. The number of carbonyl (C=O) groups is 1. The summed E-state index contributed by atoms with van der Waals surface area (Å²) in [6, 6.07) is 0.645.